The lowest BCUT2D eigenvalue weighted by atomic mass is 9.91. The number of hydrogen-bond acceptors (Lipinski definition) is 0. The highest BCUT2D eigenvalue weighted by atomic mass is 15.3. The first-order chi connectivity index (χ1) is 8.75. The third-order valence-electron chi connectivity index (χ3n) is 4.77. The standard InChI is InChI=1S/C15H23N3/c1-12-4-3-5-13-10-16-11-14(15(12)13)18-8-6-17(2)7-9-18/h3-5,14,16H,6-11H2,1-2H3/p+3/t14-/m0/s1. The van der Waals surface area contributed by atoms with Gasteiger partial charge >= 0.3 is 0 Å². The van der Waals surface area contributed by atoms with Crippen molar-refractivity contribution < 1.29 is 15.1 Å². The molecule has 98 valence electrons. The van der Waals surface area contributed by atoms with Gasteiger partial charge < -0.3 is 15.1 Å². The molecule has 0 amide bonds. The highest BCUT2D eigenvalue weighted by Crippen LogP contribution is 2.21. The molecular formula is C15H26N3+3. The number of rotatable bonds is 1. The predicted molar refractivity (Wildman–Crippen MR) is 71.7 cm³/mol. The monoisotopic (exact) mass is 248 g/mol. The molecule has 1 atom stereocenters. The van der Waals surface area contributed by atoms with Crippen molar-refractivity contribution in [1.29, 1.82) is 0 Å². The molecule has 1 saturated heterocycles. The van der Waals surface area contributed by atoms with E-state index in [0.717, 1.165) is 6.04 Å². The first-order valence-electron chi connectivity index (χ1n) is 7.31. The Morgan fingerprint density at radius 3 is 2.72 bits per heavy atom. The highest BCUT2D eigenvalue weighted by Gasteiger charge is 2.35. The summed E-state index contributed by atoms with van der Waals surface area (Å²) in [5.41, 5.74) is 4.74. The number of piperazine rings is 1. The molecule has 3 nitrogen and oxygen atoms in total. The summed E-state index contributed by atoms with van der Waals surface area (Å²) in [6.45, 7) is 10.0. The van der Waals surface area contributed by atoms with E-state index in [4.69, 9.17) is 0 Å². The summed E-state index contributed by atoms with van der Waals surface area (Å²) in [6, 6.07) is 7.56. The maximum Gasteiger partial charge on any atom is 0.164 e. The zero-order valence-electron chi connectivity index (χ0n) is 11.6. The Balaban J connectivity index is 1.87. The van der Waals surface area contributed by atoms with E-state index in [1.54, 1.807) is 16.0 Å². The smallest absolute Gasteiger partial charge is 0.164 e. The fourth-order valence-electron chi connectivity index (χ4n) is 3.66. The van der Waals surface area contributed by atoms with E-state index in [9.17, 15) is 0 Å². The summed E-state index contributed by atoms with van der Waals surface area (Å²) in [5, 5.41) is 2.49. The molecular weight excluding hydrogens is 222 g/mol. The van der Waals surface area contributed by atoms with Crippen molar-refractivity contribution in [2.75, 3.05) is 39.8 Å². The molecule has 0 radical (unpaired) electrons. The minimum atomic E-state index is 0.725. The van der Waals surface area contributed by atoms with Gasteiger partial charge in [-0.1, -0.05) is 18.2 Å². The minimum absolute atomic E-state index is 0.725. The topological polar surface area (TPSA) is 25.5 Å². The lowest BCUT2D eigenvalue weighted by Gasteiger charge is -2.35. The van der Waals surface area contributed by atoms with E-state index in [2.05, 4.69) is 37.5 Å². The van der Waals surface area contributed by atoms with Crippen LogP contribution in [0, 0.1) is 6.92 Å². The Morgan fingerprint density at radius 2 is 1.94 bits per heavy atom. The van der Waals surface area contributed by atoms with Crippen LogP contribution in [0.2, 0.25) is 0 Å². The molecule has 0 bridgehead atoms. The number of quaternary nitrogens is 3. The predicted octanol–water partition coefficient (Wildman–Crippen LogP) is -2.47. The maximum absolute atomic E-state index is 2.49. The summed E-state index contributed by atoms with van der Waals surface area (Å²) < 4.78 is 0. The Bertz CT molecular complexity index is 422. The average molecular weight is 248 g/mol. The van der Waals surface area contributed by atoms with Gasteiger partial charge in [-0.3, -0.25) is 0 Å². The second-order valence-corrected chi connectivity index (χ2v) is 6.04. The largest absolute Gasteiger partial charge is 0.337 e. The van der Waals surface area contributed by atoms with Gasteiger partial charge in [-0.15, -0.1) is 0 Å². The van der Waals surface area contributed by atoms with Gasteiger partial charge in [0.2, 0.25) is 0 Å². The maximum atomic E-state index is 2.49. The lowest BCUT2D eigenvalue weighted by Crippen LogP contribution is -3.28. The molecule has 2 heterocycles. The zero-order valence-corrected chi connectivity index (χ0v) is 11.6. The van der Waals surface area contributed by atoms with Gasteiger partial charge in [0.15, 0.2) is 6.04 Å². The van der Waals surface area contributed by atoms with Gasteiger partial charge in [0.05, 0.1) is 7.05 Å². The Labute approximate surface area is 110 Å². The van der Waals surface area contributed by atoms with E-state index >= 15 is 0 Å². The van der Waals surface area contributed by atoms with Crippen molar-refractivity contribution in [1.82, 2.24) is 0 Å². The van der Waals surface area contributed by atoms with Crippen LogP contribution in [0.15, 0.2) is 18.2 Å². The van der Waals surface area contributed by atoms with Gasteiger partial charge in [-0.05, 0) is 12.5 Å². The SMILES string of the molecule is Cc1cccc2c1[C@@H]([NH+]1CC[NH+](C)CC1)C[NH2+]C2. The highest BCUT2D eigenvalue weighted by molar-refractivity contribution is 5.36. The molecule has 3 heteroatoms. The van der Waals surface area contributed by atoms with Gasteiger partial charge in [-0.2, -0.15) is 0 Å². The molecule has 0 aliphatic carbocycles. The summed E-state index contributed by atoms with van der Waals surface area (Å²) in [7, 11) is 2.32. The average Bonchev–Trinajstić information content (AvgIpc) is 2.39. The van der Waals surface area contributed by atoms with Crippen molar-refractivity contribution in [2.45, 2.75) is 19.5 Å². The van der Waals surface area contributed by atoms with Crippen molar-refractivity contribution in [3.8, 4) is 0 Å². The summed E-state index contributed by atoms with van der Waals surface area (Å²) in [5.74, 6) is 0. The van der Waals surface area contributed by atoms with Crippen LogP contribution < -0.4 is 15.1 Å². The van der Waals surface area contributed by atoms with E-state index in [1.807, 2.05) is 4.90 Å². The molecule has 0 saturated carbocycles. The molecule has 0 aromatic heterocycles. The number of fused-ring (bicyclic) bond motifs is 1. The van der Waals surface area contributed by atoms with Crippen molar-refractivity contribution in [3.05, 3.63) is 34.9 Å². The Kier molecular flexibility index (Phi) is 3.37. The van der Waals surface area contributed by atoms with Crippen molar-refractivity contribution in [3.63, 3.8) is 0 Å². The number of hydrogen-bond donors (Lipinski definition) is 3. The number of nitrogens with one attached hydrogen (secondary N) is 2. The summed E-state index contributed by atoms with van der Waals surface area (Å²) >= 11 is 0. The molecule has 1 aromatic carbocycles. The molecule has 18 heavy (non-hydrogen) atoms. The van der Waals surface area contributed by atoms with Crippen LogP contribution in [-0.4, -0.2) is 39.8 Å². The van der Waals surface area contributed by atoms with E-state index in [1.165, 1.54) is 44.8 Å². The molecule has 4 N–H and O–H groups in total. The first kappa shape index (κ1) is 12.2. The third-order valence-corrected chi connectivity index (χ3v) is 4.77. The first-order valence-corrected chi connectivity index (χ1v) is 7.31. The van der Waals surface area contributed by atoms with Gasteiger partial charge in [-0.25, -0.2) is 0 Å². The molecule has 1 aromatic rings. The Morgan fingerprint density at radius 1 is 1.17 bits per heavy atom. The fraction of sp³-hybridized carbons (Fsp3) is 0.600. The van der Waals surface area contributed by atoms with Gasteiger partial charge in [0.25, 0.3) is 0 Å². The Hall–Kier alpha value is -0.900. The second kappa shape index (κ2) is 5.00. The fourth-order valence-corrected chi connectivity index (χ4v) is 3.66. The number of aryl methyl sites for hydroxylation is 1. The van der Waals surface area contributed by atoms with Crippen molar-refractivity contribution >= 4 is 0 Å². The van der Waals surface area contributed by atoms with E-state index in [-0.39, 0.29) is 0 Å². The minimum Gasteiger partial charge on any atom is -0.337 e. The summed E-state index contributed by atoms with van der Waals surface area (Å²) in [4.78, 5) is 3.51. The lowest BCUT2D eigenvalue weighted by molar-refractivity contribution is -1.03. The normalized spacial score (nSPS) is 32.0. The molecule has 0 spiro atoms. The van der Waals surface area contributed by atoms with E-state index in [0.29, 0.717) is 0 Å². The quantitative estimate of drug-likeness (QED) is 0.491. The molecule has 3 rings (SSSR count). The number of nitrogens with two attached hydrogens (primary N) is 1. The van der Waals surface area contributed by atoms with Crippen LogP contribution in [0.3, 0.4) is 0 Å². The van der Waals surface area contributed by atoms with Crippen LogP contribution in [0.4, 0.5) is 0 Å². The molecule has 2 aliphatic heterocycles. The molecule has 1 fully saturated rings. The second-order valence-electron chi connectivity index (χ2n) is 6.04. The van der Waals surface area contributed by atoms with Crippen LogP contribution >= 0.6 is 0 Å². The van der Waals surface area contributed by atoms with Crippen molar-refractivity contribution in [2.24, 2.45) is 0 Å². The number of benzene rings is 1. The molecule has 2 aliphatic rings. The van der Waals surface area contributed by atoms with Gasteiger partial charge in [0, 0.05) is 11.1 Å². The third kappa shape index (κ3) is 2.18. The van der Waals surface area contributed by atoms with Crippen LogP contribution in [0.5, 0.6) is 0 Å². The van der Waals surface area contributed by atoms with E-state index < -0.39 is 0 Å². The zero-order chi connectivity index (χ0) is 12.5. The van der Waals surface area contributed by atoms with Crippen LogP contribution in [0.1, 0.15) is 22.7 Å². The van der Waals surface area contributed by atoms with Crippen LogP contribution in [-0.2, 0) is 6.54 Å². The van der Waals surface area contributed by atoms with Gasteiger partial charge in [0.1, 0.15) is 39.3 Å². The van der Waals surface area contributed by atoms with Crippen LogP contribution in [0.25, 0.3) is 0 Å². The summed E-state index contributed by atoms with van der Waals surface area (Å²) in [6.07, 6.45) is 0. The molecule has 0 unspecified atom stereocenters. The number of likely N-dealkylation sites (N-methyl/N-ethyl adjacent to an activating group) is 1.